The minimum absolute atomic E-state index is 0.559. The summed E-state index contributed by atoms with van der Waals surface area (Å²) in [6.07, 6.45) is 1.69. The summed E-state index contributed by atoms with van der Waals surface area (Å²) in [6.45, 7) is 1.47. The summed E-state index contributed by atoms with van der Waals surface area (Å²) in [6, 6.07) is 3.84. The van der Waals surface area contributed by atoms with Gasteiger partial charge in [0.1, 0.15) is 5.15 Å². The molecule has 0 bridgehead atoms. The van der Waals surface area contributed by atoms with Crippen molar-refractivity contribution >= 4 is 22.9 Å². The average molecular weight is 240 g/mol. The lowest BCUT2D eigenvalue weighted by atomic mass is 10.3. The lowest BCUT2D eigenvalue weighted by molar-refractivity contribution is 0.681. The second-order valence-electron chi connectivity index (χ2n) is 3.04. The van der Waals surface area contributed by atoms with Gasteiger partial charge in [-0.15, -0.1) is 11.3 Å². The molecular weight excluding hydrogens is 230 g/mol. The molecule has 0 fully saturated rings. The van der Waals surface area contributed by atoms with E-state index in [-0.39, 0.29) is 0 Å². The molecule has 15 heavy (non-hydrogen) atoms. The van der Waals surface area contributed by atoms with Crippen molar-refractivity contribution in [3.63, 3.8) is 0 Å². The van der Waals surface area contributed by atoms with Gasteiger partial charge in [-0.25, -0.2) is 9.97 Å². The molecule has 0 radical (unpaired) electrons. The Morgan fingerprint density at radius 1 is 1.33 bits per heavy atom. The minimum atomic E-state index is 0.559. The minimum Gasteiger partial charge on any atom is -0.307 e. The monoisotopic (exact) mass is 239 g/mol. The lowest BCUT2D eigenvalue weighted by Gasteiger charge is -2.03. The maximum atomic E-state index is 5.92. The van der Waals surface area contributed by atoms with Crippen LogP contribution in [0.1, 0.15) is 11.3 Å². The van der Waals surface area contributed by atoms with Crippen LogP contribution in [0.15, 0.2) is 29.2 Å². The quantitative estimate of drug-likeness (QED) is 0.833. The molecule has 0 saturated carbocycles. The van der Waals surface area contributed by atoms with Crippen LogP contribution < -0.4 is 5.32 Å². The van der Waals surface area contributed by atoms with E-state index in [1.54, 1.807) is 17.5 Å². The molecule has 0 saturated heterocycles. The highest BCUT2D eigenvalue weighted by molar-refractivity contribution is 7.07. The molecule has 2 rings (SSSR count). The van der Waals surface area contributed by atoms with Crippen molar-refractivity contribution in [2.75, 3.05) is 0 Å². The largest absolute Gasteiger partial charge is 0.307 e. The van der Waals surface area contributed by atoms with E-state index in [0.717, 1.165) is 17.8 Å². The van der Waals surface area contributed by atoms with Crippen molar-refractivity contribution in [2.24, 2.45) is 0 Å². The predicted octanol–water partition coefficient (Wildman–Crippen LogP) is 2.48. The SMILES string of the molecule is Clc1ncccc1CNCc1cscn1. The van der Waals surface area contributed by atoms with Gasteiger partial charge in [-0.1, -0.05) is 17.7 Å². The Bertz CT molecular complexity index is 416. The van der Waals surface area contributed by atoms with Crippen LogP contribution in [0, 0.1) is 0 Å². The highest BCUT2D eigenvalue weighted by Gasteiger charge is 2.00. The summed E-state index contributed by atoms with van der Waals surface area (Å²) in [7, 11) is 0. The van der Waals surface area contributed by atoms with Crippen LogP contribution in [0.4, 0.5) is 0 Å². The van der Waals surface area contributed by atoms with Crippen LogP contribution in [0.25, 0.3) is 0 Å². The van der Waals surface area contributed by atoms with Crippen LogP contribution in [0.3, 0.4) is 0 Å². The van der Waals surface area contributed by atoms with Crippen molar-refractivity contribution in [1.82, 2.24) is 15.3 Å². The van der Waals surface area contributed by atoms with Crippen LogP contribution >= 0.6 is 22.9 Å². The van der Waals surface area contributed by atoms with Gasteiger partial charge < -0.3 is 5.32 Å². The van der Waals surface area contributed by atoms with E-state index in [1.165, 1.54) is 0 Å². The van der Waals surface area contributed by atoms with E-state index in [9.17, 15) is 0 Å². The molecule has 2 aromatic rings. The third-order valence-corrected chi connectivity index (χ3v) is 2.92. The van der Waals surface area contributed by atoms with E-state index >= 15 is 0 Å². The number of pyridine rings is 1. The first-order valence-electron chi connectivity index (χ1n) is 4.53. The summed E-state index contributed by atoms with van der Waals surface area (Å²) in [5.74, 6) is 0. The van der Waals surface area contributed by atoms with Gasteiger partial charge >= 0.3 is 0 Å². The zero-order chi connectivity index (χ0) is 10.5. The fraction of sp³-hybridized carbons (Fsp3) is 0.200. The fourth-order valence-corrected chi connectivity index (χ4v) is 1.95. The Hall–Kier alpha value is -0.970. The standard InChI is InChI=1S/C10H10ClN3S/c11-10-8(2-1-3-13-10)4-12-5-9-6-15-7-14-9/h1-3,6-7,12H,4-5H2. The first kappa shape index (κ1) is 10.5. The maximum absolute atomic E-state index is 5.92. The van der Waals surface area contributed by atoms with Crippen molar-refractivity contribution in [3.8, 4) is 0 Å². The van der Waals surface area contributed by atoms with E-state index in [0.29, 0.717) is 11.7 Å². The van der Waals surface area contributed by atoms with Gasteiger partial charge in [0.15, 0.2) is 0 Å². The zero-order valence-electron chi connectivity index (χ0n) is 7.98. The molecule has 3 nitrogen and oxygen atoms in total. The summed E-state index contributed by atoms with van der Waals surface area (Å²) >= 11 is 7.52. The van der Waals surface area contributed by atoms with Gasteiger partial charge in [-0.05, 0) is 6.07 Å². The molecule has 2 heterocycles. The number of halogens is 1. The lowest BCUT2D eigenvalue weighted by Crippen LogP contribution is -2.13. The number of hydrogen-bond donors (Lipinski definition) is 1. The number of aromatic nitrogens is 2. The number of nitrogens with zero attached hydrogens (tertiary/aromatic N) is 2. The van der Waals surface area contributed by atoms with E-state index in [4.69, 9.17) is 11.6 Å². The zero-order valence-corrected chi connectivity index (χ0v) is 9.55. The van der Waals surface area contributed by atoms with E-state index < -0.39 is 0 Å². The third kappa shape index (κ3) is 2.99. The van der Waals surface area contributed by atoms with E-state index in [1.807, 2.05) is 23.0 Å². The highest BCUT2D eigenvalue weighted by Crippen LogP contribution is 2.11. The summed E-state index contributed by atoms with van der Waals surface area (Å²) in [5.41, 5.74) is 3.89. The first-order valence-corrected chi connectivity index (χ1v) is 5.85. The van der Waals surface area contributed by atoms with Gasteiger partial charge in [0, 0.05) is 30.2 Å². The van der Waals surface area contributed by atoms with Crippen LogP contribution in [-0.2, 0) is 13.1 Å². The Morgan fingerprint density at radius 2 is 2.27 bits per heavy atom. The molecule has 2 aromatic heterocycles. The number of thiazole rings is 1. The third-order valence-electron chi connectivity index (χ3n) is 1.94. The molecule has 0 aliphatic heterocycles. The van der Waals surface area contributed by atoms with Crippen LogP contribution in [-0.4, -0.2) is 9.97 Å². The topological polar surface area (TPSA) is 37.8 Å². The highest BCUT2D eigenvalue weighted by atomic mass is 35.5. The average Bonchev–Trinajstić information content (AvgIpc) is 2.74. The Labute approximate surface area is 97.2 Å². The maximum Gasteiger partial charge on any atom is 0.133 e. The molecule has 0 aliphatic carbocycles. The summed E-state index contributed by atoms with van der Waals surface area (Å²) in [5, 5.41) is 5.85. The molecular formula is C10H10ClN3S. The van der Waals surface area contributed by atoms with Gasteiger partial charge in [-0.2, -0.15) is 0 Å². The smallest absolute Gasteiger partial charge is 0.133 e. The molecule has 0 aliphatic rings. The fourth-order valence-electron chi connectivity index (χ4n) is 1.20. The Morgan fingerprint density at radius 3 is 3.00 bits per heavy atom. The van der Waals surface area contributed by atoms with Crippen LogP contribution in [0.2, 0.25) is 5.15 Å². The number of rotatable bonds is 4. The van der Waals surface area contributed by atoms with E-state index in [2.05, 4.69) is 15.3 Å². The summed E-state index contributed by atoms with van der Waals surface area (Å²) < 4.78 is 0. The second kappa shape index (κ2) is 5.21. The summed E-state index contributed by atoms with van der Waals surface area (Å²) in [4.78, 5) is 8.18. The molecule has 0 unspecified atom stereocenters. The molecule has 0 aromatic carbocycles. The number of nitrogens with one attached hydrogen (secondary N) is 1. The van der Waals surface area contributed by atoms with Gasteiger partial charge in [-0.3, -0.25) is 0 Å². The van der Waals surface area contributed by atoms with Crippen molar-refractivity contribution in [3.05, 3.63) is 45.6 Å². The Balaban J connectivity index is 1.86. The second-order valence-corrected chi connectivity index (χ2v) is 4.11. The normalized spacial score (nSPS) is 10.5. The Kier molecular flexibility index (Phi) is 3.66. The number of hydrogen-bond acceptors (Lipinski definition) is 4. The first-order chi connectivity index (χ1) is 7.36. The molecule has 0 amide bonds. The van der Waals surface area contributed by atoms with Crippen molar-refractivity contribution in [1.29, 1.82) is 0 Å². The molecule has 1 N–H and O–H groups in total. The van der Waals surface area contributed by atoms with Crippen LogP contribution in [0.5, 0.6) is 0 Å². The molecule has 5 heteroatoms. The molecule has 0 spiro atoms. The molecule has 78 valence electrons. The van der Waals surface area contributed by atoms with Crippen molar-refractivity contribution in [2.45, 2.75) is 13.1 Å². The van der Waals surface area contributed by atoms with Crippen molar-refractivity contribution < 1.29 is 0 Å². The predicted molar refractivity (Wildman–Crippen MR) is 61.9 cm³/mol. The van der Waals surface area contributed by atoms with Gasteiger partial charge in [0.05, 0.1) is 11.2 Å². The van der Waals surface area contributed by atoms with Gasteiger partial charge in [0.2, 0.25) is 0 Å². The molecule has 0 atom stereocenters. The van der Waals surface area contributed by atoms with Gasteiger partial charge in [0.25, 0.3) is 0 Å².